The van der Waals surface area contributed by atoms with E-state index in [9.17, 15) is 4.79 Å². The zero-order chi connectivity index (χ0) is 21.0. The second-order valence-corrected chi connectivity index (χ2v) is 8.32. The molecule has 7 nitrogen and oxygen atoms in total. The zero-order valence-electron chi connectivity index (χ0n) is 17.8. The average Bonchev–Trinajstić information content (AvgIpc) is 3.59. The first-order chi connectivity index (χ1) is 15.3. The molecule has 162 valence electrons. The van der Waals surface area contributed by atoms with E-state index >= 15 is 0 Å². The van der Waals surface area contributed by atoms with Crippen LogP contribution >= 0.6 is 0 Å². The van der Waals surface area contributed by atoms with Crippen molar-refractivity contribution >= 4 is 5.91 Å². The van der Waals surface area contributed by atoms with Gasteiger partial charge in [-0.1, -0.05) is 18.2 Å². The van der Waals surface area contributed by atoms with Crippen molar-refractivity contribution in [3.05, 3.63) is 60.5 Å². The van der Waals surface area contributed by atoms with Gasteiger partial charge in [0.25, 0.3) is 5.91 Å². The Hall–Kier alpha value is -2.90. The van der Waals surface area contributed by atoms with E-state index in [1.54, 1.807) is 10.9 Å². The number of hydrogen-bond acceptors (Lipinski definition) is 5. The van der Waals surface area contributed by atoms with E-state index < -0.39 is 0 Å². The quantitative estimate of drug-likeness (QED) is 0.615. The van der Waals surface area contributed by atoms with Gasteiger partial charge in [-0.25, -0.2) is 4.68 Å². The normalized spacial score (nSPS) is 18.0. The molecule has 0 aliphatic carbocycles. The topological polar surface area (TPSA) is 57.8 Å². The molecule has 0 unspecified atom stereocenters. The summed E-state index contributed by atoms with van der Waals surface area (Å²) in [6.07, 6.45) is 4.29. The van der Waals surface area contributed by atoms with Gasteiger partial charge in [0.2, 0.25) is 0 Å². The number of hydrogen-bond donors (Lipinski definition) is 0. The minimum absolute atomic E-state index is 0.0216. The predicted molar refractivity (Wildman–Crippen MR) is 119 cm³/mol. The number of aromatic nitrogens is 2. The lowest BCUT2D eigenvalue weighted by molar-refractivity contribution is 0.0618. The maximum absolute atomic E-state index is 13.5. The first kappa shape index (κ1) is 20.0. The Balaban J connectivity index is 1.30. The number of piperazine rings is 1. The first-order valence-electron chi connectivity index (χ1n) is 11.2. The van der Waals surface area contributed by atoms with Gasteiger partial charge in [0.05, 0.1) is 12.0 Å². The van der Waals surface area contributed by atoms with E-state index in [2.05, 4.69) is 14.9 Å². The molecule has 2 saturated heterocycles. The maximum Gasteiger partial charge on any atom is 0.272 e. The Morgan fingerprint density at radius 2 is 1.58 bits per heavy atom. The Morgan fingerprint density at radius 1 is 0.871 bits per heavy atom. The van der Waals surface area contributed by atoms with Crippen LogP contribution in [-0.2, 0) is 0 Å². The Morgan fingerprint density at radius 3 is 2.26 bits per heavy atom. The van der Waals surface area contributed by atoms with Gasteiger partial charge in [0.15, 0.2) is 5.76 Å². The second kappa shape index (κ2) is 9.08. The minimum Gasteiger partial charge on any atom is -0.463 e. The average molecular weight is 420 g/mol. The fourth-order valence-electron chi connectivity index (χ4n) is 4.47. The smallest absolute Gasteiger partial charge is 0.272 e. The fraction of sp³-hybridized carbons (Fsp3) is 0.417. The number of furan rings is 1. The molecule has 0 N–H and O–H groups in total. The van der Waals surface area contributed by atoms with E-state index in [-0.39, 0.29) is 5.91 Å². The summed E-state index contributed by atoms with van der Waals surface area (Å²) in [5.41, 5.74) is 2.11. The van der Waals surface area contributed by atoms with Crippen LogP contribution in [0.15, 0.2) is 59.2 Å². The van der Waals surface area contributed by atoms with Crippen LogP contribution in [0.3, 0.4) is 0 Å². The van der Waals surface area contributed by atoms with Crippen LogP contribution < -0.4 is 0 Å². The summed E-state index contributed by atoms with van der Waals surface area (Å²) in [6, 6.07) is 15.3. The van der Waals surface area contributed by atoms with E-state index in [4.69, 9.17) is 4.42 Å². The third kappa shape index (κ3) is 4.43. The largest absolute Gasteiger partial charge is 0.463 e. The van der Waals surface area contributed by atoms with Crippen molar-refractivity contribution in [3.63, 3.8) is 0 Å². The van der Waals surface area contributed by atoms with E-state index in [0.717, 1.165) is 45.0 Å². The van der Waals surface area contributed by atoms with Gasteiger partial charge in [0.1, 0.15) is 11.4 Å². The number of amides is 1. The summed E-state index contributed by atoms with van der Waals surface area (Å²) in [5.74, 6) is 0.684. The molecule has 0 bridgehead atoms. The molecule has 1 amide bonds. The number of nitrogens with zero attached hydrogens (tertiary/aromatic N) is 5. The summed E-state index contributed by atoms with van der Waals surface area (Å²) in [7, 11) is 0. The third-order valence-corrected chi connectivity index (χ3v) is 6.29. The highest BCUT2D eigenvalue weighted by Crippen LogP contribution is 2.23. The number of carbonyl (C=O) groups is 1. The molecule has 7 heteroatoms. The third-order valence-electron chi connectivity index (χ3n) is 6.29. The van der Waals surface area contributed by atoms with E-state index in [0.29, 0.717) is 17.1 Å². The Kier molecular flexibility index (Phi) is 5.86. The summed E-state index contributed by atoms with van der Waals surface area (Å²) in [6.45, 7) is 8.03. The SMILES string of the molecule is O=C(c1cc(-c2ccco2)nn1-c1ccccc1)N1CCN(CCN2CCCC2)CC1. The molecule has 0 spiro atoms. The van der Waals surface area contributed by atoms with E-state index in [1.807, 2.05) is 53.4 Å². The van der Waals surface area contributed by atoms with Crippen molar-refractivity contribution in [1.29, 1.82) is 0 Å². The number of rotatable bonds is 6. The van der Waals surface area contributed by atoms with Crippen molar-refractivity contribution < 1.29 is 9.21 Å². The molecule has 0 atom stereocenters. The summed E-state index contributed by atoms with van der Waals surface area (Å²) in [4.78, 5) is 20.4. The molecule has 2 fully saturated rings. The van der Waals surface area contributed by atoms with Gasteiger partial charge in [-0.2, -0.15) is 5.10 Å². The molecule has 3 aromatic rings. The molecule has 31 heavy (non-hydrogen) atoms. The Bertz CT molecular complexity index is 984. The molecule has 5 rings (SSSR count). The molecule has 2 aliphatic rings. The van der Waals surface area contributed by atoms with Crippen LogP contribution in [0.4, 0.5) is 0 Å². The molecule has 4 heterocycles. The lowest BCUT2D eigenvalue weighted by Crippen LogP contribution is -2.50. The van der Waals surface area contributed by atoms with Crippen molar-refractivity contribution in [1.82, 2.24) is 24.5 Å². The van der Waals surface area contributed by atoms with Crippen LogP contribution in [0, 0.1) is 0 Å². The maximum atomic E-state index is 13.5. The van der Waals surface area contributed by atoms with Crippen LogP contribution in [0.1, 0.15) is 23.3 Å². The predicted octanol–water partition coefficient (Wildman–Crippen LogP) is 2.99. The monoisotopic (exact) mass is 419 g/mol. The molecule has 2 aliphatic heterocycles. The fourth-order valence-corrected chi connectivity index (χ4v) is 4.47. The van der Waals surface area contributed by atoms with Gasteiger partial charge in [-0.3, -0.25) is 9.69 Å². The van der Waals surface area contributed by atoms with Crippen molar-refractivity contribution in [3.8, 4) is 17.1 Å². The van der Waals surface area contributed by atoms with Crippen molar-refractivity contribution in [2.24, 2.45) is 0 Å². The molecule has 0 saturated carbocycles. The van der Waals surface area contributed by atoms with Gasteiger partial charge >= 0.3 is 0 Å². The number of benzene rings is 1. The Labute approximate surface area is 182 Å². The number of carbonyl (C=O) groups excluding carboxylic acids is 1. The van der Waals surface area contributed by atoms with Gasteiger partial charge in [-0.05, 0) is 50.2 Å². The summed E-state index contributed by atoms with van der Waals surface area (Å²) >= 11 is 0. The van der Waals surface area contributed by atoms with Gasteiger partial charge in [-0.15, -0.1) is 0 Å². The second-order valence-electron chi connectivity index (χ2n) is 8.32. The highest BCUT2D eigenvalue weighted by molar-refractivity contribution is 5.94. The standard InChI is InChI=1S/C24H29N5O2/c30-24(28-16-14-27(15-17-28)13-12-26-10-4-5-11-26)22-19-21(23-9-6-18-31-23)25-29(22)20-7-2-1-3-8-20/h1-3,6-9,18-19H,4-5,10-17H2. The zero-order valence-corrected chi connectivity index (χ0v) is 17.8. The highest BCUT2D eigenvalue weighted by Gasteiger charge is 2.27. The van der Waals surface area contributed by atoms with Crippen LogP contribution in [0.5, 0.6) is 0 Å². The lowest BCUT2D eigenvalue weighted by atomic mass is 10.2. The molecule has 0 radical (unpaired) electrons. The van der Waals surface area contributed by atoms with Crippen molar-refractivity contribution in [2.75, 3.05) is 52.4 Å². The van der Waals surface area contributed by atoms with Gasteiger partial charge in [0, 0.05) is 45.3 Å². The summed E-state index contributed by atoms with van der Waals surface area (Å²) < 4.78 is 7.26. The molecular formula is C24H29N5O2. The molecule has 2 aromatic heterocycles. The first-order valence-corrected chi connectivity index (χ1v) is 11.2. The molecular weight excluding hydrogens is 390 g/mol. The van der Waals surface area contributed by atoms with E-state index in [1.165, 1.54) is 25.9 Å². The van der Waals surface area contributed by atoms with Crippen LogP contribution in [-0.4, -0.2) is 82.7 Å². The molecule has 1 aromatic carbocycles. The van der Waals surface area contributed by atoms with Gasteiger partial charge < -0.3 is 14.2 Å². The minimum atomic E-state index is 0.0216. The number of likely N-dealkylation sites (tertiary alicyclic amines) is 1. The lowest BCUT2D eigenvalue weighted by Gasteiger charge is -2.35. The van der Waals surface area contributed by atoms with Crippen LogP contribution in [0.2, 0.25) is 0 Å². The highest BCUT2D eigenvalue weighted by atomic mass is 16.3. The summed E-state index contributed by atoms with van der Waals surface area (Å²) in [5, 5.41) is 4.69. The van der Waals surface area contributed by atoms with Crippen LogP contribution in [0.25, 0.3) is 17.1 Å². The van der Waals surface area contributed by atoms with Crippen molar-refractivity contribution in [2.45, 2.75) is 12.8 Å². The number of para-hydroxylation sites is 1.